The molecule has 0 radical (unpaired) electrons. The number of aromatic nitrogens is 1. The summed E-state index contributed by atoms with van der Waals surface area (Å²) in [7, 11) is 0. The van der Waals surface area contributed by atoms with Crippen LogP contribution in [0.4, 0.5) is 5.69 Å². The fourth-order valence-electron chi connectivity index (χ4n) is 2.51. The molecule has 0 saturated carbocycles. The average Bonchev–Trinajstić information content (AvgIpc) is 2.87. The molecule has 3 rings (SSSR count). The first-order valence-corrected chi connectivity index (χ1v) is 7.05. The fraction of sp³-hybridized carbons (Fsp3) is 0.167. The lowest BCUT2D eigenvalue weighted by atomic mass is 10.1. The van der Waals surface area contributed by atoms with Crippen molar-refractivity contribution >= 4 is 22.5 Å². The van der Waals surface area contributed by atoms with Crippen LogP contribution in [0.1, 0.15) is 11.1 Å². The number of fused-ring (bicyclic) bond motifs is 1. The molecule has 0 saturated heterocycles. The molecule has 0 aliphatic heterocycles. The summed E-state index contributed by atoms with van der Waals surface area (Å²) < 4.78 is 1.97. The number of aryl methyl sites for hydroxylation is 1. The number of nitrogens with zero attached hydrogens (tertiary/aromatic N) is 1. The lowest BCUT2D eigenvalue weighted by molar-refractivity contribution is -0.116. The van der Waals surface area contributed by atoms with Gasteiger partial charge < -0.3 is 9.88 Å². The van der Waals surface area contributed by atoms with E-state index in [4.69, 9.17) is 0 Å². The normalized spacial score (nSPS) is 10.8. The molecule has 0 spiro atoms. The van der Waals surface area contributed by atoms with Gasteiger partial charge in [0, 0.05) is 17.4 Å². The predicted octanol–water partition coefficient (Wildman–Crippen LogP) is 3.90. The lowest BCUT2D eigenvalue weighted by Gasteiger charge is -2.11. The maximum atomic E-state index is 12.3. The Kier molecular flexibility index (Phi) is 3.48. The Morgan fingerprint density at radius 3 is 2.71 bits per heavy atom. The largest absolute Gasteiger partial charge is 0.338 e. The topological polar surface area (TPSA) is 34.0 Å². The quantitative estimate of drug-likeness (QED) is 0.774. The number of carbonyl (C=O) groups is 1. The van der Waals surface area contributed by atoms with Gasteiger partial charge in [-0.15, -0.1) is 0 Å². The van der Waals surface area contributed by atoms with E-state index in [0.717, 1.165) is 22.2 Å². The maximum absolute atomic E-state index is 12.3. The van der Waals surface area contributed by atoms with Crippen molar-refractivity contribution in [1.82, 2.24) is 4.57 Å². The summed E-state index contributed by atoms with van der Waals surface area (Å²) in [4.78, 5) is 12.3. The SMILES string of the molecule is Cc1cccc(NC(=O)Cn2ccc3ccccc32)c1C. The maximum Gasteiger partial charge on any atom is 0.244 e. The van der Waals surface area contributed by atoms with Gasteiger partial charge >= 0.3 is 0 Å². The minimum Gasteiger partial charge on any atom is -0.338 e. The van der Waals surface area contributed by atoms with Gasteiger partial charge in [-0.1, -0.05) is 30.3 Å². The molecule has 1 heterocycles. The monoisotopic (exact) mass is 278 g/mol. The molecule has 1 N–H and O–H groups in total. The molecule has 3 nitrogen and oxygen atoms in total. The summed E-state index contributed by atoms with van der Waals surface area (Å²) in [6, 6.07) is 16.0. The van der Waals surface area contributed by atoms with Crippen molar-refractivity contribution in [3.8, 4) is 0 Å². The van der Waals surface area contributed by atoms with Crippen molar-refractivity contribution in [1.29, 1.82) is 0 Å². The van der Waals surface area contributed by atoms with Gasteiger partial charge in [-0.3, -0.25) is 4.79 Å². The molecular weight excluding hydrogens is 260 g/mol. The zero-order chi connectivity index (χ0) is 14.8. The lowest BCUT2D eigenvalue weighted by Crippen LogP contribution is -2.18. The Morgan fingerprint density at radius 1 is 1.05 bits per heavy atom. The molecule has 1 aromatic heterocycles. The third kappa shape index (κ3) is 2.68. The molecule has 106 valence electrons. The van der Waals surface area contributed by atoms with E-state index in [9.17, 15) is 4.79 Å². The van der Waals surface area contributed by atoms with Gasteiger partial charge in [0.1, 0.15) is 6.54 Å². The van der Waals surface area contributed by atoms with Crippen LogP contribution < -0.4 is 5.32 Å². The molecule has 0 atom stereocenters. The number of benzene rings is 2. The third-order valence-corrected chi connectivity index (χ3v) is 3.87. The van der Waals surface area contributed by atoms with Crippen molar-refractivity contribution in [2.45, 2.75) is 20.4 Å². The zero-order valence-electron chi connectivity index (χ0n) is 12.3. The van der Waals surface area contributed by atoms with Crippen LogP contribution in [-0.2, 0) is 11.3 Å². The molecule has 21 heavy (non-hydrogen) atoms. The van der Waals surface area contributed by atoms with Crippen LogP contribution in [0.15, 0.2) is 54.7 Å². The highest BCUT2D eigenvalue weighted by Gasteiger charge is 2.08. The predicted molar refractivity (Wildman–Crippen MR) is 86.5 cm³/mol. The minimum absolute atomic E-state index is 0.00921. The zero-order valence-corrected chi connectivity index (χ0v) is 12.3. The Hall–Kier alpha value is -2.55. The first kappa shape index (κ1) is 13.4. The number of hydrogen-bond acceptors (Lipinski definition) is 1. The van der Waals surface area contributed by atoms with Crippen molar-refractivity contribution in [3.05, 3.63) is 65.9 Å². The Bertz CT molecular complexity index is 802. The van der Waals surface area contributed by atoms with E-state index in [0.29, 0.717) is 6.54 Å². The van der Waals surface area contributed by atoms with E-state index in [-0.39, 0.29) is 5.91 Å². The molecule has 0 fully saturated rings. The molecule has 0 bridgehead atoms. The summed E-state index contributed by atoms with van der Waals surface area (Å²) in [5.74, 6) is -0.00921. The van der Waals surface area contributed by atoms with Gasteiger partial charge in [0.25, 0.3) is 0 Å². The van der Waals surface area contributed by atoms with Gasteiger partial charge in [0.05, 0.1) is 0 Å². The van der Waals surface area contributed by atoms with E-state index in [2.05, 4.69) is 11.4 Å². The number of hydrogen-bond donors (Lipinski definition) is 1. The Labute approximate surface area is 124 Å². The highest BCUT2D eigenvalue weighted by molar-refractivity contribution is 5.92. The van der Waals surface area contributed by atoms with Crippen LogP contribution in [0.25, 0.3) is 10.9 Å². The van der Waals surface area contributed by atoms with Gasteiger partial charge in [0.2, 0.25) is 5.91 Å². The van der Waals surface area contributed by atoms with Gasteiger partial charge in [-0.25, -0.2) is 0 Å². The van der Waals surface area contributed by atoms with Crippen molar-refractivity contribution in [2.24, 2.45) is 0 Å². The van der Waals surface area contributed by atoms with E-state index in [1.165, 1.54) is 5.56 Å². The molecule has 0 aliphatic carbocycles. The summed E-state index contributed by atoms with van der Waals surface area (Å²) in [5.41, 5.74) is 4.26. The number of nitrogens with one attached hydrogen (secondary N) is 1. The fourth-order valence-corrected chi connectivity index (χ4v) is 2.51. The Balaban J connectivity index is 1.79. The Morgan fingerprint density at radius 2 is 1.86 bits per heavy atom. The van der Waals surface area contributed by atoms with Crippen LogP contribution in [0.5, 0.6) is 0 Å². The molecule has 0 unspecified atom stereocenters. The second-order valence-corrected chi connectivity index (χ2v) is 5.30. The number of para-hydroxylation sites is 1. The minimum atomic E-state index is -0.00921. The van der Waals surface area contributed by atoms with Crippen LogP contribution in [0.3, 0.4) is 0 Å². The third-order valence-electron chi connectivity index (χ3n) is 3.87. The van der Waals surface area contributed by atoms with Crippen LogP contribution in [0.2, 0.25) is 0 Å². The molecule has 2 aromatic carbocycles. The average molecular weight is 278 g/mol. The smallest absolute Gasteiger partial charge is 0.244 e. The number of carbonyl (C=O) groups excluding carboxylic acids is 1. The van der Waals surface area contributed by atoms with E-state index in [1.807, 2.05) is 67.1 Å². The van der Waals surface area contributed by atoms with Crippen molar-refractivity contribution in [2.75, 3.05) is 5.32 Å². The second-order valence-electron chi connectivity index (χ2n) is 5.30. The highest BCUT2D eigenvalue weighted by Crippen LogP contribution is 2.19. The van der Waals surface area contributed by atoms with Crippen LogP contribution in [0, 0.1) is 13.8 Å². The summed E-state index contributed by atoms with van der Waals surface area (Å²) in [6.07, 6.45) is 1.95. The summed E-state index contributed by atoms with van der Waals surface area (Å²) >= 11 is 0. The van der Waals surface area contributed by atoms with Gasteiger partial charge in [-0.05, 0) is 48.6 Å². The molecule has 0 aliphatic rings. The number of amides is 1. The van der Waals surface area contributed by atoms with Gasteiger partial charge in [-0.2, -0.15) is 0 Å². The van der Waals surface area contributed by atoms with Crippen LogP contribution >= 0.6 is 0 Å². The van der Waals surface area contributed by atoms with Crippen molar-refractivity contribution < 1.29 is 4.79 Å². The van der Waals surface area contributed by atoms with Crippen LogP contribution in [-0.4, -0.2) is 10.5 Å². The molecule has 1 amide bonds. The number of anilines is 1. The van der Waals surface area contributed by atoms with Crippen molar-refractivity contribution in [3.63, 3.8) is 0 Å². The summed E-state index contributed by atoms with van der Waals surface area (Å²) in [6.45, 7) is 4.39. The second kappa shape index (κ2) is 5.44. The summed E-state index contributed by atoms with van der Waals surface area (Å²) in [5, 5.41) is 4.14. The molecule has 3 heteroatoms. The van der Waals surface area contributed by atoms with E-state index < -0.39 is 0 Å². The molecular formula is C18H18N2O. The standard InChI is InChI=1S/C18H18N2O/c1-13-6-5-8-16(14(13)2)19-18(21)12-20-11-10-15-7-3-4-9-17(15)20/h3-11H,12H2,1-2H3,(H,19,21). The molecule has 3 aromatic rings. The van der Waals surface area contributed by atoms with Gasteiger partial charge in [0.15, 0.2) is 0 Å². The number of rotatable bonds is 3. The first-order valence-electron chi connectivity index (χ1n) is 7.05. The highest BCUT2D eigenvalue weighted by atomic mass is 16.1. The first-order chi connectivity index (χ1) is 10.1. The van der Waals surface area contributed by atoms with E-state index in [1.54, 1.807) is 0 Å². The van der Waals surface area contributed by atoms with E-state index >= 15 is 0 Å².